The van der Waals surface area contributed by atoms with E-state index in [-0.39, 0.29) is 10.0 Å². The third-order valence-electron chi connectivity index (χ3n) is 3.50. The molecule has 1 heterocycles. The first kappa shape index (κ1) is 18.9. The van der Waals surface area contributed by atoms with Gasteiger partial charge in [-0.15, -0.1) is 20.2 Å². The molecule has 0 aromatic heterocycles. The van der Waals surface area contributed by atoms with Crippen LogP contribution in [0.25, 0.3) is 6.08 Å². The molecule has 1 aliphatic heterocycles. The second kappa shape index (κ2) is 8.73. The van der Waals surface area contributed by atoms with E-state index < -0.39 is 64.6 Å². The SMILES string of the molecule is [2H]C([2H])([2H])c1cc(Br)cc2c1OC(C(F)(F)F)C(C(=O)OC(C)C(O[N+](=O)[O-])O[N+](=O)[O-])=C2. The molecule has 2 atom stereocenters. The number of carbonyl (C=O) groups excluding carboxylic acids is 1. The number of hydrogen-bond donors (Lipinski definition) is 0. The van der Waals surface area contributed by atoms with E-state index in [0.29, 0.717) is 6.08 Å². The number of alkyl halides is 3. The molecule has 1 aromatic carbocycles. The number of halogens is 4. The highest BCUT2D eigenvalue weighted by Gasteiger charge is 2.49. The molecule has 164 valence electrons. The van der Waals surface area contributed by atoms with Crippen LogP contribution in [0.4, 0.5) is 13.2 Å². The molecule has 0 saturated carbocycles. The van der Waals surface area contributed by atoms with Crippen LogP contribution >= 0.6 is 15.9 Å². The number of benzene rings is 1. The van der Waals surface area contributed by atoms with Crippen molar-refractivity contribution in [2.24, 2.45) is 0 Å². The molecule has 0 amide bonds. The Morgan fingerprint density at radius 2 is 1.90 bits per heavy atom. The van der Waals surface area contributed by atoms with Crippen molar-refractivity contribution in [3.05, 3.63) is 53.5 Å². The van der Waals surface area contributed by atoms with Crippen molar-refractivity contribution < 1.29 is 51.4 Å². The summed E-state index contributed by atoms with van der Waals surface area (Å²) in [7, 11) is 0. The van der Waals surface area contributed by atoms with Gasteiger partial charge in [-0.3, -0.25) is 9.68 Å². The number of carbonyl (C=O) groups is 1. The fraction of sp³-hybridized carbons (Fsp3) is 0.400. The summed E-state index contributed by atoms with van der Waals surface area (Å²) in [6.45, 7) is -2.03. The first-order chi connectivity index (χ1) is 15.0. The van der Waals surface area contributed by atoms with Crippen molar-refractivity contribution in [1.29, 1.82) is 0 Å². The Morgan fingerprint density at radius 1 is 1.30 bits per heavy atom. The Balaban J connectivity index is 2.48. The molecule has 0 N–H and O–H groups in total. The summed E-state index contributed by atoms with van der Waals surface area (Å²) >= 11 is 3.02. The summed E-state index contributed by atoms with van der Waals surface area (Å²) in [6, 6.07) is 2.22. The number of fused-ring (bicyclic) bond motifs is 1. The monoisotopic (exact) mass is 503 g/mol. The molecule has 1 aliphatic rings. The van der Waals surface area contributed by atoms with Crippen LogP contribution in [0.2, 0.25) is 0 Å². The number of rotatable bonds is 7. The Morgan fingerprint density at radius 3 is 2.40 bits per heavy atom. The van der Waals surface area contributed by atoms with Crippen LogP contribution in [0, 0.1) is 27.1 Å². The lowest BCUT2D eigenvalue weighted by molar-refractivity contribution is -0.853. The predicted molar refractivity (Wildman–Crippen MR) is 92.8 cm³/mol. The van der Waals surface area contributed by atoms with Gasteiger partial charge >= 0.3 is 12.1 Å². The van der Waals surface area contributed by atoms with E-state index in [1.54, 1.807) is 0 Å². The zero-order valence-electron chi connectivity index (χ0n) is 17.5. The topological polar surface area (TPSA) is 140 Å². The van der Waals surface area contributed by atoms with E-state index >= 15 is 0 Å². The van der Waals surface area contributed by atoms with Gasteiger partial charge in [0.2, 0.25) is 6.10 Å². The van der Waals surface area contributed by atoms with Crippen molar-refractivity contribution in [2.45, 2.75) is 38.4 Å². The number of esters is 1. The van der Waals surface area contributed by atoms with Crippen LogP contribution in [0.3, 0.4) is 0 Å². The highest BCUT2D eigenvalue weighted by Crippen LogP contribution is 2.40. The van der Waals surface area contributed by atoms with E-state index in [0.717, 1.165) is 13.0 Å². The van der Waals surface area contributed by atoms with Gasteiger partial charge in [-0.1, -0.05) is 15.9 Å². The highest BCUT2D eigenvalue weighted by atomic mass is 79.9. The van der Waals surface area contributed by atoms with Gasteiger partial charge in [-0.2, -0.15) is 13.2 Å². The molecule has 2 unspecified atom stereocenters. The van der Waals surface area contributed by atoms with Gasteiger partial charge in [-0.25, -0.2) is 4.79 Å². The van der Waals surface area contributed by atoms with E-state index in [1.807, 2.05) is 0 Å². The van der Waals surface area contributed by atoms with Crippen LogP contribution in [0.15, 0.2) is 22.2 Å². The van der Waals surface area contributed by atoms with Gasteiger partial charge in [0.05, 0.1) is 5.57 Å². The van der Waals surface area contributed by atoms with E-state index in [4.69, 9.17) is 8.85 Å². The van der Waals surface area contributed by atoms with Crippen LogP contribution < -0.4 is 4.74 Å². The standard InChI is InChI=1S/C15H12BrF3N2O9/c1-6-3-9(16)4-8-5-10(12(15(17,18)19)28-11(6)8)13(22)27-7(2)14(29-20(23)24)30-21(25)26/h3-5,7,12,14H,1-2H3/i1D3. The quantitative estimate of drug-likeness (QED) is 0.237. The van der Waals surface area contributed by atoms with Gasteiger partial charge in [-0.05, 0) is 37.5 Å². The Labute approximate surface area is 177 Å². The van der Waals surface area contributed by atoms with Gasteiger partial charge in [0.1, 0.15) is 5.75 Å². The Bertz CT molecular complexity index is 987. The third-order valence-corrected chi connectivity index (χ3v) is 3.96. The fourth-order valence-corrected chi connectivity index (χ4v) is 2.82. The maximum absolute atomic E-state index is 13.6. The average Bonchev–Trinajstić information content (AvgIpc) is 2.63. The molecule has 0 spiro atoms. The minimum Gasteiger partial charge on any atom is -0.475 e. The molecule has 0 bridgehead atoms. The van der Waals surface area contributed by atoms with Crippen LogP contribution in [-0.2, 0) is 19.2 Å². The maximum atomic E-state index is 13.6. The summed E-state index contributed by atoms with van der Waals surface area (Å²) < 4.78 is 73.1. The van der Waals surface area contributed by atoms with E-state index in [9.17, 15) is 38.2 Å². The molecule has 1 aromatic rings. The summed E-state index contributed by atoms with van der Waals surface area (Å²) in [5.41, 5.74) is -1.93. The lowest BCUT2D eigenvalue weighted by atomic mass is 9.99. The van der Waals surface area contributed by atoms with E-state index in [2.05, 4.69) is 30.3 Å². The summed E-state index contributed by atoms with van der Waals surface area (Å²) in [4.78, 5) is 41.1. The minimum absolute atomic E-state index is 0.151. The van der Waals surface area contributed by atoms with Crippen molar-refractivity contribution >= 4 is 28.0 Å². The van der Waals surface area contributed by atoms with Gasteiger partial charge in [0, 0.05) is 14.1 Å². The average molecular weight is 504 g/mol. The Hall–Kier alpha value is -3.10. The van der Waals surface area contributed by atoms with Gasteiger partial charge < -0.3 is 9.47 Å². The number of ether oxygens (including phenoxy) is 2. The largest absolute Gasteiger partial charge is 0.475 e. The second-order valence-corrected chi connectivity index (χ2v) is 6.56. The molecule has 15 heteroatoms. The normalized spacial score (nSPS) is 18.5. The molecule has 0 aliphatic carbocycles. The summed E-state index contributed by atoms with van der Waals surface area (Å²) in [6.07, 6.45) is -11.9. The van der Waals surface area contributed by atoms with Crippen molar-refractivity contribution in [2.75, 3.05) is 0 Å². The summed E-state index contributed by atoms with van der Waals surface area (Å²) in [5.74, 6) is -2.37. The number of hydrogen-bond acceptors (Lipinski definition) is 9. The van der Waals surface area contributed by atoms with Gasteiger partial charge in [0.25, 0.3) is 16.5 Å². The smallest absolute Gasteiger partial charge is 0.430 e. The van der Waals surface area contributed by atoms with Crippen molar-refractivity contribution in [3.8, 4) is 5.75 Å². The molecule has 0 fully saturated rings. The molecule has 2 rings (SSSR count). The molecule has 0 saturated heterocycles. The van der Waals surface area contributed by atoms with Crippen LogP contribution in [0.1, 0.15) is 22.2 Å². The lowest BCUT2D eigenvalue weighted by Gasteiger charge is -2.30. The first-order valence-electron chi connectivity index (χ1n) is 9.13. The molecule has 11 nitrogen and oxygen atoms in total. The predicted octanol–water partition coefficient (Wildman–Crippen LogP) is 3.14. The van der Waals surface area contributed by atoms with Crippen molar-refractivity contribution in [1.82, 2.24) is 0 Å². The van der Waals surface area contributed by atoms with Crippen LogP contribution in [0.5, 0.6) is 5.75 Å². The minimum atomic E-state index is -5.22. The van der Waals surface area contributed by atoms with Crippen LogP contribution in [-0.4, -0.2) is 40.8 Å². The Kier molecular flexibility index (Phi) is 5.50. The zero-order chi connectivity index (χ0) is 25.3. The summed E-state index contributed by atoms with van der Waals surface area (Å²) in [5, 5.41) is 17.9. The lowest BCUT2D eigenvalue weighted by Crippen LogP contribution is -2.43. The zero-order valence-corrected chi connectivity index (χ0v) is 16.1. The highest BCUT2D eigenvalue weighted by molar-refractivity contribution is 9.10. The molecule has 30 heavy (non-hydrogen) atoms. The number of nitrogens with zero attached hydrogens (tertiary/aromatic N) is 2. The van der Waals surface area contributed by atoms with E-state index in [1.165, 1.54) is 6.07 Å². The molecular formula is C15H12BrF3N2O9. The fourth-order valence-electron chi connectivity index (χ4n) is 2.34. The number of aryl methyl sites for hydroxylation is 1. The maximum Gasteiger partial charge on any atom is 0.430 e. The molecule has 0 radical (unpaired) electrons. The molecular weight excluding hydrogens is 489 g/mol. The second-order valence-electron chi connectivity index (χ2n) is 5.65. The first-order valence-corrected chi connectivity index (χ1v) is 8.42. The van der Waals surface area contributed by atoms with Gasteiger partial charge in [0.15, 0.2) is 6.10 Å². The van der Waals surface area contributed by atoms with Crippen molar-refractivity contribution in [3.63, 3.8) is 0 Å². The third kappa shape index (κ3) is 5.49.